The molecule has 36 heavy (non-hydrogen) atoms. The van der Waals surface area contributed by atoms with Gasteiger partial charge in [0.1, 0.15) is 11.5 Å². The van der Waals surface area contributed by atoms with Gasteiger partial charge in [0.25, 0.3) is 0 Å². The van der Waals surface area contributed by atoms with E-state index in [0.717, 1.165) is 11.1 Å². The van der Waals surface area contributed by atoms with Crippen molar-refractivity contribution >= 4 is 33.5 Å². The Bertz CT molecular complexity index is 949. The van der Waals surface area contributed by atoms with Gasteiger partial charge in [-0.15, -0.1) is 0 Å². The van der Waals surface area contributed by atoms with Crippen LogP contribution >= 0.6 is 21.6 Å². The predicted molar refractivity (Wildman–Crippen MR) is 146 cm³/mol. The highest BCUT2D eigenvalue weighted by Gasteiger charge is 2.19. The Morgan fingerprint density at radius 1 is 0.694 bits per heavy atom. The van der Waals surface area contributed by atoms with Crippen LogP contribution in [0.3, 0.4) is 0 Å². The van der Waals surface area contributed by atoms with Gasteiger partial charge in [-0.25, -0.2) is 0 Å². The van der Waals surface area contributed by atoms with Crippen LogP contribution in [0, 0.1) is 0 Å². The quantitative estimate of drug-likeness (QED) is 0.104. The molecule has 6 N–H and O–H groups in total. The van der Waals surface area contributed by atoms with Gasteiger partial charge in [-0.1, -0.05) is 75.3 Å². The molecule has 0 spiro atoms. The molecule has 0 unspecified atom stereocenters. The summed E-state index contributed by atoms with van der Waals surface area (Å²) in [6, 6.07) is 9.60. The third-order valence-corrected chi connectivity index (χ3v) is 6.90. The first-order chi connectivity index (χ1) is 16.5. The number of benzene rings is 2. The van der Waals surface area contributed by atoms with Crippen molar-refractivity contribution in [1.29, 1.82) is 0 Å². The summed E-state index contributed by atoms with van der Waals surface area (Å²) >= 11 is 0. The van der Waals surface area contributed by atoms with Crippen LogP contribution < -0.4 is 0 Å². The van der Waals surface area contributed by atoms with Crippen molar-refractivity contribution in [3.05, 3.63) is 47.5 Å². The molecule has 0 fully saturated rings. The summed E-state index contributed by atoms with van der Waals surface area (Å²) in [5, 5.41) is 53.8. The van der Waals surface area contributed by atoms with Crippen LogP contribution in [0.25, 0.3) is 0 Å². The summed E-state index contributed by atoms with van der Waals surface area (Å²) in [5.74, 6) is -0.215. The van der Waals surface area contributed by atoms with Crippen LogP contribution in [0.1, 0.15) is 65.5 Å². The maximum atomic E-state index is 10.0. The maximum Gasteiger partial charge on any atom is 0.304 e. The second kappa shape index (κ2) is 15.4. The van der Waals surface area contributed by atoms with Crippen LogP contribution in [-0.2, 0) is 20.4 Å². The molecule has 0 saturated heterocycles. The SMILES string of the molecule is CC(C)(C)c1cc(O)ccc1O.CC(C)(C)c1cccc(O)c1O.O=C(O)CCSSCCC(=O)O. The minimum Gasteiger partial charge on any atom is -0.508 e. The molecule has 0 aliphatic rings. The standard InChI is InChI=1S/2C10H14O2.C6H10O4S2/c1-10(2,3)8-6-7(11)4-5-9(8)12;1-10(2,3)7-5-4-6-8(11)9(7)12;7-5(8)1-3-11-12-4-2-6(9)10/h2*4-6,11-12H,1-3H3;1-4H2,(H,7,8)(H,9,10). The lowest BCUT2D eigenvalue weighted by Crippen LogP contribution is -2.10. The monoisotopic (exact) mass is 542 g/mol. The van der Waals surface area contributed by atoms with E-state index in [4.69, 9.17) is 10.2 Å². The van der Waals surface area contributed by atoms with Crippen LogP contribution in [0.4, 0.5) is 0 Å². The number of para-hydroxylation sites is 1. The molecule has 0 aromatic heterocycles. The van der Waals surface area contributed by atoms with Gasteiger partial charge in [-0.3, -0.25) is 9.59 Å². The minimum atomic E-state index is -0.818. The normalized spacial score (nSPS) is 10.9. The topological polar surface area (TPSA) is 156 Å². The number of rotatable bonds is 7. The minimum absolute atomic E-state index is 0.00926. The second-order valence-corrected chi connectivity index (χ2v) is 12.5. The van der Waals surface area contributed by atoms with Crippen LogP contribution in [0.15, 0.2) is 36.4 Å². The Balaban J connectivity index is 0.000000510. The number of aliphatic carboxylic acids is 2. The van der Waals surface area contributed by atoms with Gasteiger partial charge in [-0.2, -0.15) is 0 Å². The molecule has 0 heterocycles. The zero-order valence-corrected chi connectivity index (χ0v) is 23.2. The van der Waals surface area contributed by atoms with E-state index in [1.807, 2.05) is 47.6 Å². The van der Waals surface area contributed by atoms with E-state index in [2.05, 4.69) is 0 Å². The highest BCUT2D eigenvalue weighted by Crippen LogP contribution is 2.36. The fourth-order valence-corrected chi connectivity index (χ4v) is 4.60. The maximum absolute atomic E-state index is 10.0. The van der Waals surface area contributed by atoms with E-state index in [1.54, 1.807) is 12.1 Å². The van der Waals surface area contributed by atoms with Gasteiger partial charge in [0.15, 0.2) is 11.5 Å². The van der Waals surface area contributed by atoms with Gasteiger partial charge < -0.3 is 30.6 Å². The van der Waals surface area contributed by atoms with Gasteiger partial charge in [0.2, 0.25) is 0 Å². The van der Waals surface area contributed by atoms with Crippen molar-refractivity contribution in [1.82, 2.24) is 0 Å². The molecule has 0 aliphatic heterocycles. The zero-order chi connectivity index (χ0) is 28.1. The molecule has 2 rings (SSSR count). The summed E-state index contributed by atoms with van der Waals surface area (Å²) < 4.78 is 0. The second-order valence-electron chi connectivity index (χ2n) is 9.81. The highest BCUT2D eigenvalue weighted by atomic mass is 33.1. The van der Waals surface area contributed by atoms with Crippen molar-refractivity contribution in [3.63, 3.8) is 0 Å². The third-order valence-electron chi connectivity index (χ3n) is 4.49. The van der Waals surface area contributed by atoms with Crippen LogP contribution in [0.2, 0.25) is 0 Å². The lowest BCUT2D eigenvalue weighted by Gasteiger charge is -2.20. The molecule has 0 radical (unpaired) electrons. The molecular weight excluding hydrogens is 504 g/mol. The molecule has 8 nitrogen and oxygen atoms in total. The van der Waals surface area contributed by atoms with E-state index in [1.165, 1.54) is 39.8 Å². The number of carbonyl (C=O) groups is 2. The number of hydrogen-bond acceptors (Lipinski definition) is 8. The Kier molecular flexibility index (Phi) is 14.2. The summed E-state index contributed by atoms with van der Waals surface area (Å²) in [5.41, 5.74) is 1.26. The van der Waals surface area contributed by atoms with Gasteiger partial charge in [0, 0.05) is 22.6 Å². The molecular formula is C26H38O8S2. The first kappa shape index (κ1) is 33.3. The van der Waals surface area contributed by atoms with Crippen molar-refractivity contribution < 1.29 is 40.2 Å². The fraction of sp³-hybridized carbons (Fsp3) is 0.462. The van der Waals surface area contributed by atoms with Gasteiger partial charge in [0.05, 0.1) is 12.8 Å². The molecule has 0 aliphatic carbocycles. The smallest absolute Gasteiger partial charge is 0.304 e. The highest BCUT2D eigenvalue weighted by molar-refractivity contribution is 8.76. The predicted octanol–water partition coefficient (Wildman–Crippen LogP) is 6.11. The molecule has 0 bridgehead atoms. The van der Waals surface area contributed by atoms with Crippen LogP contribution in [-0.4, -0.2) is 54.1 Å². The lowest BCUT2D eigenvalue weighted by molar-refractivity contribution is -0.137. The summed E-state index contributed by atoms with van der Waals surface area (Å²) in [7, 11) is 2.79. The fourth-order valence-electron chi connectivity index (χ4n) is 2.64. The zero-order valence-electron chi connectivity index (χ0n) is 21.6. The average Bonchev–Trinajstić information content (AvgIpc) is 2.73. The summed E-state index contributed by atoms with van der Waals surface area (Å²) in [6.07, 6.45) is 0.259. The Morgan fingerprint density at radius 3 is 1.53 bits per heavy atom. The van der Waals surface area contributed by atoms with Crippen molar-refractivity contribution in [2.24, 2.45) is 0 Å². The molecule has 0 amide bonds. The van der Waals surface area contributed by atoms with Crippen LogP contribution in [0.5, 0.6) is 23.0 Å². The average molecular weight is 543 g/mol. The number of aromatic hydroxyl groups is 4. The summed E-state index contributed by atoms with van der Waals surface area (Å²) in [4.78, 5) is 20.0. The van der Waals surface area contributed by atoms with E-state index in [-0.39, 0.29) is 46.7 Å². The Labute approximate surface area is 220 Å². The largest absolute Gasteiger partial charge is 0.508 e. The molecule has 2 aromatic rings. The first-order valence-electron chi connectivity index (χ1n) is 11.2. The molecule has 202 valence electrons. The van der Waals surface area contributed by atoms with E-state index < -0.39 is 11.9 Å². The third kappa shape index (κ3) is 14.0. The Hall–Kier alpha value is -2.72. The van der Waals surface area contributed by atoms with Crippen molar-refractivity contribution in [3.8, 4) is 23.0 Å². The van der Waals surface area contributed by atoms with Gasteiger partial charge in [-0.05, 0) is 35.1 Å². The van der Waals surface area contributed by atoms with Crippen molar-refractivity contribution in [2.45, 2.75) is 65.2 Å². The summed E-state index contributed by atoms with van der Waals surface area (Å²) in [6.45, 7) is 11.9. The number of hydrogen-bond donors (Lipinski definition) is 6. The first-order valence-corrected chi connectivity index (χ1v) is 13.7. The number of carboxylic acids is 2. The molecule has 10 heteroatoms. The van der Waals surface area contributed by atoms with Crippen molar-refractivity contribution in [2.75, 3.05) is 11.5 Å². The lowest BCUT2D eigenvalue weighted by atomic mass is 9.86. The molecule has 2 aromatic carbocycles. The Morgan fingerprint density at radius 2 is 1.17 bits per heavy atom. The number of phenols is 4. The van der Waals surface area contributed by atoms with E-state index in [9.17, 15) is 30.0 Å². The van der Waals surface area contributed by atoms with E-state index in [0.29, 0.717) is 11.5 Å². The number of phenolic OH excluding ortho intramolecular Hbond substituents is 4. The molecule has 0 saturated carbocycles. The van der Waals surface area contributed by atoms with Gasteiger partial charge >= 0.3 is 11.9 Å². The molecule has 0 atom stereocenters. The van der Waals surface area contributed by atoms with E-state index >= 15 is 0 Å². The number of carboxylic acid groups (broad SMARTS) is 2.